The number of benzene rings is 2. The second kappa shape index (κ2) is 6.86. The molecule has 2 aromatic rings. The molecule has 106 valence electrons. The SMILES string of the molecule is CCCOc1cccc(C(O)c2cccc(Br)c2F)c1. The number of rotatable bonds is 5. The zero-order valence-corrected chi connectivity index (χ0v) is 12.7. The summed E-state index contributed by atoms with van der Waals surface area (Å²) < 4.78 is 19.9. The van der Waals surface area contributed by atoms with E-state index in [2.05, 4.69) is 15.9 Å². The predicted molar refractivity (Wildman–Crippen MR) is 80.4 cm³/mol. The van der Waals surface area contributed by atoms with Gasteiger partial charge in [0.1, 0.15) is 17.7 Å². The molecule has 0 fully saturated rings. The number of halogens is 2. The molecule has 0 aromatic heterocycles. The maximum Gasteiger partial charge on any atom is 0.143 e. The minimum absolute atomic E-state index is 0.243. The summed E-state index contributed by atoms with van der Waals surface area (Å²) in [6, 6.07) is 12.0. The summed E-state index contributed by atoms with van der Waals surface area (Å²) in [5.74, 6) is 0.235. The normalized spacial score (nSPS) is 12.2. The first-order chi connectivity index (χ1) is 9.63. The monoisotopic (exact) mass is 338 g/mol. The fourth-order valence-electron chi connectivity index (χ4n) is 1.91. The maximum atomic E-state index is 14.0. The Bertz CT molecular complexity index is 586. The first-order valence-electron chi connectivity index (χ1n) is 6.48. The van der Waals surface area contributed by atoms with E-state index in [1.807, 2.05) is 13.0 Å². The molecule has 1 N–H and O–H groups in total. The standard InChI is InChI=1S/C16H16BrFO2/c1-2-9-20-12-6-3-5-11(10-12)16(19)13-7-4-8-14(17)15(13)18/h3-8,10,16,19H,2,9H2,1H3. The van der Waals surface area contributed by atoms with Crippen LogP contribution in [-0.4, -0.2) is 11.7 Å². The Morgan fingerprint density at radius 2 is 2.00 bits per heavy atom. The molecule has 1 atom stereocenters. The fourth-order valence-corrected chi connectivity index (χ4v) is 2.29. The highest BCUT2D eigenvalue weighted by Gasteiger charge is 2.17. The molecule has 0 radical (unpaired) electrons. The van der Waals surface area contributed by atoms with Crippen molar-refractivity contribution in [2.75, 3.05) is 6.61 Å². The number of hydrogen-bond donors (Lipinski definition) is 1. The Kier molecular flexibility index (Phi) is 5.15. The van der Waals surface area contributed by atoms with E-state index in [0.717, 1.165) is 6.42 Å². The zero-order chi connectivity index (χ0) is 14.5. The Morgan fingerprint density at radius 3 is 2.75 bits per heavy atom. The highest BCUT2D eigenvalue weighted by Crippen LogP contribution is 2.29. The van der Waals surface area contributed by atoms with Gasteiger partial charge in [0.15, 0.2) is 0 Å². The van der Waals surface area contributed by atoms with Crippen molar-refractivity contribution in [3.05, 3.63) is 63.9 Å². The van der Waals surface area contributed by atoms with Gasteiger partial charge in [-0.1, -0.05) is 31.2 Å². The van der Waals surface area contributed by atoms with E-state index in [-0.39, 0.29) is 5.56 Å². The highest BCUT2D eigenvalue weighted by atomic mass is 79.9. The van der Waals surface area contributed by atoms with E-state index in [0.29, 0.717) is 22.4 Å². The van der Waals surface area contributed by atoms with Gasteiger partial charge in [0.25, 0.3) is 0 Å². The van der Waals surface area contributed by atoms with Gasteiger partial charge >= 0.3 is 0 Å². The largest absolute Gasteiger partial charge is 0.494 e. The van der Waals surface area contributed by atoms with Crippen LogP contribution in [0.4, 0.5) is 4.39 Å². The van der Waals surface area contributed by atoms with E-state index >= 15 is 0 Å². The Hall–Kier alpha value is -1.39. The van der Waals surface area contributed by atoms with Crippen LogP contribution in [0.5, 0.6) is 5.75 Å². The molecule has 1 unspecified atom stereocenters. The van der Waals surface area contributed by atoms with E-state index < -0.39 is 11.9 Å². The first-order valence-corrected chi connectivity index (χ1v) is 7.27. The molecule has 0 heterocycles. The van der Waals surface area contributed by atoms with Crippen molar-refractivity contribution in [2.24, 2.45) is 0 Å². The zero-order valence-electron chi connectivity index (χ0n) is 11.1. The Morgan fingerprint density at radius 1 is 1.25 bits per heavy atom. The predicted octanol–water partition coefficient (Wildman–Crippen LogP) is 4.46. The lowest BCUT2D eigenvalue weighted by Gasteiger charge is -2.14. The maximum absolute atomic E-state index is 14.0. The Labute approximate surface area is 126 Å². The molecule has 0 saturated heterocycles. The summed E-state index contributed by atoms with van der Waals surface area (Å²) in [5, 5.41) is 10.3. The summed E-state index contributed by atoms with van der Waals surface area (Å²) >= 11 is 3.12. The van der Waals surface area contributed by atoms with Gasteiger partial charge in [0.2, 0.25) is 0 Å². The average molecular weight is 339 g/mol. The van der Waals surface area contributed by atoms with Crippen molar-refractivity contribution in [1.82, 2.24) is 0 Å². The molecule has 4 heteroatoms. The molecule has 0 bridgehead atoms. The fraction of sp³-hybridized carbons (Fsp3) is 0.250. The van der Waals surface area contributed by atoms with Crippen LogP contribution >= 0.6 is 15.9 Å². The van der Waals surface area contributed by atoms with Gasteiger partial charge in [-0.3, -0.25) is 0 Å². The van der Waals surface area contributed by atoms with E-state index in [4.69, 9.17) is 4.74 Å². The van der Waals surface area contributed by atoms with Crippen molar-refractivity contribution >= 4 is 15.9 Å². The van der Waals surface area contributed by atoms with Crippen molar-refractivity contribution in [1.29, 1.82) is 0 Å². The van der Waals surface area contributed by atoms with Crippen LogP contribution in [0.1, 0.15) is 30.6 Å². The molecule has 0 spiro atoms. The minimum Gasteiger partial charge on any atom is -0.494 e. The summed E-state index contributed by atoms with van der Waals surface area (Å²) in [6.07, 6.45) is -0.106. The Balaban J connectivity index is 2.28. The summed E-state index contributed by atoms with van der Waals surface area (Å²) in [7, 11) is 0. The quantitative estimate of drug-likeness (QED) is 0.872. The highest BCUT2D eigenvalue weighted by molar-refractivity contribution is 9.10. The van der Waals surface area contributed by atoms with Crippen LogP contribution < -0.4 is 4.74 Å². The van der Waals surface area contributed by atoms with E-state index in [1.54, 1.807) is 36.4 Å². The third kappa shape index (κ3) is 3.38. The van der Waals surface area contributed by atoms with Crippen LogP contribution in [0, 0.1) is 5.82 Å². The smallest absolute Gasteiger partial charge is 0.143 e. The van der Waals surface area contributed by atoms with E-state index in [1.165, 1.54) is 0 Å². The van der Waals surface area contributed by atoms with Gasteiger partial charge < -0.3 is 9.84 Å². The van der Waals surface area contributed by atoms with Gasteiger partial charge in [-0.25, -0.2) is 4.39 Å². The number of ether oxygens (including phenoxy) is 1. The minimum atomic E-state index is -1.02. The van der Waals surface area contributed by atoms with Gasteiger partial charge in [0, 0.05) is 5.56 Å². The molecule has 2 nitrogen and oxygen atoms in total. The molecule has 0 amide bonds. The molecule has 2 rings (SSSR count). The van der Waals surface area contributed by atoms with E-state index in [9.17, 15) is 9.50 Å². The van der Waals surface area contributed by atoms with Crippen LogP contribution in [0.25, 0.3) is 0 Å². The van der Waals surface area contributed by atoms with Gasteiger partial charge in [-0.05, 0) is 46.1 Å². The molecule has 0 aliphatic rings. The molecule has 0 saturated carbocycles. The van der Waals surface area contributed by atoms with Crippen LogP contribution in [-0.2, 0) is 0 Å². The third-order valence-corrected chi connectivity index (χ3v) is 3.54. The van der Waals surface area contributed by atoms with Crippen molar-refractivity contribution < 1.29 is 14.2 Å². The van der Waals surface area contributed by atoms with Gasteiger partial charge in [-0.15, -0.1) is 0 Å². The van der Waals surface area contributed by atoms with Crippen molar-refractivity contribution in [3.8, 4) is 5.75 Å². The number of aliphatic hydroxyl groups excluding tert-OH is 1. The first kappa shape index (κ1) is 15.0. The topological polar surface area (TPSA) is 29.5 Å². The lowest BCUT2D eigenvalue weighted by atomic mass is 10.0. The number of hydrogen-bond acceptors (Lipinski definition) is 2. The molecular weight excluding hydrogens is 323 g/mol. The third-order valence-electron chi connectivity index (χ3n) is 2.92. The molecule has 0 aliphatic carbocycles. The summed E-state index contributed by atoms with van der Waals surface area (Å²) in [6.45, 7) is 2.64. The second-order valence-electron chi connectivity index (χ2n) is 4.47. The van der Waals surface area contributed by atoms with Gasteiger partial charge in [-0.2, -0.15) is 0 Å². The molecule has 20 heavy (non-hydrogen) atoms. The van der Waals surface area contributed by atoms with Crippen molar-refractivity contribution in [3.63, 3.8) is 0 Å². The average Bonchev–Trinajstić information content (AvgIpc) is 2.47. The van der Waals surface area contributed by atoms with Gasteiger partial charge in [0.05, 0.1) is 11.1 Å². The molecular formula is C16H16BrFO2. The molecule has 2 aromatic carbocycles. The summed E-state index contributed by atoms with van der Waals surface area (Å²) in [5.41, 5.74) is 0.850. The van der Waals surface area contributed by atoms with Crippen LogP contribution in [0.15, 0.2) is 46.9 Å². The van der Waals surface area contributed by atoms with Crippen molar-refractivity contribution in [2.45, 2.75) is 19.4 Å². The van der Waals surface area contributed by atoms with Crippen LogP contribution in [0.2, 0.25) is 0 Å². The lowest BCUT2D eigenvalue weighted by Crippen LogP contribution is -2.04. The number of aliphatic hydroxyl groups is 1. The lowest BCUT2D eigenvalue weighted by molar-refractivity contribution is 0.214. The summed E-state index contributed by atoms with van der Waals surface area (Å²) in [4.78, 5) is 0. The van der Waals surface area contributed by atoms with Crippen LogP contribution in [0.3, 0.4) is 0 Å². The second-order valence-corrected chi connectivity index (χ2v) is 5.32. The molecule has 0 aliphatic heterocycles.